The normalized spacial score (nSPS) is 26.6. The van der Waals surface area contributed by atoms with E-state index in [9.17, 15) is 0 Å². The zero-order chi connectivity index (χ0) is 11.5. The second-order valence-electron chi connectivity index (χ2n) is 4.54. The zero-order valence-corrected chi connectivity index (χ0v) is 10.7. The van der Waals surface area contributed by atoms with Crippen molar-refractivity contribution >= 4 is 11.3 Å². The Labute approximate surface area is 101 Å². The Balaban J connectivity index is 2.13. The average Bonchev–Trinajstić information content (AvgIpc) is 2.71. The molecule has 3 unspecified atom stereocenters. The first-order valence-corrected chi connectivity index (χ1v) is 6.76. The number of hydrogen-bond donors (Lipinski definition) is 1. The van der Waals surface area contributed by atoms with Crippen molar-refractivity contribution < 1.29 is 4.74 Å². The third-order valence-electron chi connectivity index (χ3n) is 3.05. The first-order chi connectivity index (χ1) is 7.68. The molecular formula is C12H20N2OS. The standard InChI is InChI=1S/C12H20N2OS/c1-9-7-14(4-5-15-9)12(10(2)13)11-3-6-16-8-11/h3,6,8-10,12H,4-5,7,13H2,1-2H3. The highest BCUT2D eigenvalue weighted by atomic mass is 32.1. The molecule has 1 aliphatic rings. The van der Waals surface area contributed by atoms with Gasteiger partial charge in [0.2, 0.25) is 0 Å². The Hall–Kier alpha value is -0.420. The van der Waals surface area contributed by atoms with Gasteiger partial charge < -0.3 is 10.5 Å². The van der Waals surface area contributed by atoms with E-state index in [0.717, 1.165) is 19.7 Å². The van der Waals surface area contributed by atoms with Crippen molar-refractivity contribution in [1.29, 1.82) is 0 Å². The molecule has 2 heterocycles. The lowest BCUT2D eigenvalue weighted by atomic mass is 10.0. The van der Waals surface area contributed by atoms with Gasteiger partial charge in [0.1, 0.15) is 0 Å². The molecule has 1 aromatic heterocycles. The summed E-state index contributed by atoms with van der Waals surface area (Å²) in [5, 5.41) is 4.32. The number of nitrogens with two attached hydrogens (primary N) is 1. The molecule has 0 aliphatic carbocycles. The highest BCUT2D eigenvalue weighted by molar-refractivity contribution is 7.07. The zero-order valence-electron chi connectivity index (χ0n) is 9.93. The second kappa shape index (κ2) is 5.27. The van der Waals surface area contributed by atoms with Crippen molar-refractivity contribution in [3.05, 3.63) is 22.4 Å². The summed E-state index contributed by atoms with van der Waals surface area (Å²) < 4.78 is 5.58. The van der Waals surface area contributed by atoms with Crippen LogP contribution in [0.15, 0.2) is 16.8 Å². The lowest BCUT2D eigenvalue weighted by Crippen LogP contribution is -2.47. The van der Waals surface area contributed by atoms with Crippen LogP contribution in [-0.2, 0) is 4.74 Å². The fourth-order valence-electron chi connectivity index (χ4n) is 2.39. The maximum Gasteiger partial charge on any atom is 0.0674 e. The minimum atomic E-state index is 0.153. The fraction of sp³-hybridized carbons (Fsp3) is 0.667. The maximum absolute atomic E-state index is 6.13. The summed E-state index contributed by atoms with van der Waals surface area (Å²) in [4.78, 5) is 2.45. The summed E-state index contributed by atoms with van der Waals surface area (Å²) in [6.45, 7) is 6.98. The minimum absolute atomic E-state index is 0.153. The molecule has 3 nitrogen and oxygen atoms in total. The van der Waals surface area contributed by atoms with Crippen molar-refractivity contribution in [3.63, 3.8) is 0 Å². The van der Waals surface area contributed by atoms with Gasteiger partial charge in [0.05, 0.1) is 18.8 Å². The van der Waals surface area contributed by atoms with Crippen molar-refractivity contribution in [2.45, 2.75) is 32.0 Å². The van der Waals surface area contributed by atoms with Gasteiger partial charge >= 0.3 is 0 Å². The van der Waals surface area contributed by atoms with Crippen LogP contribution in [0.25, 0.3) is 0 Å². The molecule has 4 heteroatoms. The lowest BCUT2D eigenvalue weighted by molar-refractivity contribution is -0.0375. The summed E-state index contributed by atoms with van der Waals surface area (Å²) in [5.41, 5.74) is 7.47. The Bertz CT molecular complexity index is 313. The van der Waals surface area contributed by atoms with E-state index in [1.165, 1.54) is 5.56 Å². The van der Waals surface area contributed by atoms with Crippen LogP contribution in [0.5, 0.6) is 0 Å². The number of thiophene rings is 1. The quantitative estimate of drug-likeness (QED) is 0.876. The molecule has 2 rings (SSSR count). The predicted octanol–water partition coefficient (Wildman–Crippen LogP) is 1.86. The number of hydrogen-bond acceptors (Lipinski definition) is 4. The molecule has 1 fully saturated rings. The SMILES string of the molecule is CC1CN(C(c2ccsc2)C(C)N)CCO1. The number of nitrogens with zero attached hydrogens (tertiary/aromatic N) is 1. The fourth-order valence-corrected chi connectivity index (χ4v) is 3.08. The van der Waals surface area contributed by atoms with E-state index < -0.39 is 0 Å². The van der Waals surface area contributed by atoms with Gasteiger partial charge in [-0.25, -0.2) is 0 Å². The van der Waals surface area contributed by atoms with Crippen LogP contribution in [0.1, 0.15) is 25.5 Å². The average molecular weight is 240 g/mol. The molecular weight excluding hydrogens is 220 g/mol. The summed E-state index contributed by atoms with van der Waals surface area (Å²) in [6.07, 6.45) is 0.314. The third-order valence-corrected chi connectivity index (χ3v) is 3.75. The van der Waals surface area contributed by atoms with Crippen LogP contribution in [-0.4, -0.2) is 36.7 Å². The van der Waals surface area contributed by atoms with Crippen LogP contribution >= 0.6 is 11.3 Å². The maximum atomic E-state index is 6.13. The van der Waals surface area contributed by atoms with Gasteiger partial charge in [-0.1, -0.05) is 0 Å². The molecule has 1 aliphatic heterocycles. The Kier molecular flexibility index (Phi) is 3.97. The van der Waals surface area contributed by atoms with E-state index in [2.05, 4.69) is 35.6 Å². The summed E-state index contributed by atoms with van der Waals surface area (Å²) >= 11 is 1.74. The summed E-state index contributed by atoms with van der Waals surface area (Å²) in [5.74, 6) is 0. The molecule has 90 valence electrons. The molecule has 0 saturated carbocycles. The van der Waals surface area contributed by atoms with Gasteiger partial charge in [-0.15, -0.1) is 0 Å². The first kappa shape index (κ1) is 12.0. The molecule has 0 bridgehead atoms. The summed E-state index contributed by atoms with van der Waals surface area (Å²) in [7, 11) is 0. The Morgan fingerprint density at radius 2 is 2.44 bits per heavy atom. The van der Waals surface area contributed by atoms with E-state index in [1.54, 1.807) is 11.3 Å². The van der Waals surface area contributed by atoms with Crippen molar-refractivity contribution in [2.75, 3.05) is 19.7 Å². The van der Waals surface area contributed by atoms with Gasteiger partial charge in [-0.2, -0.15) is 11.3 Å². The largest absolute Gasteiger partial charge is 0.376 e. The van der Waals surface area contributed by atoms with E-state index >= 15 is 0 Å². The van der Waals surface area contributed by atoms with Gasteiger partial charge in [-0.3, -0.25) is 4.90 Å². The van der Waals surface area contributed by atoms with Gasteiger partial charge in [0.15, 0.2) is 0 Å². The van der Waals surface area contributed by atoms with E-state index in [0.29, 0.717) is 12.1 Å². The minimum Gasteiger partial charge on any atom is -0.376 e. The third kappa shape index (κ3) is 2.63. The Morgan fingerprint density at radius 1 is 1.62 bits per heavy atom. The van der Waals surface area contributed by atoms with Gasteiger partial charge in [-0.05, 0) is 36.2 Å². The van der Waals surface area contributed by atoms with Gasteiger partial charge in [0.25, 0.3) is 0 Å². The predicted molar refractivity (Wildman–Crippen MR) is 67.7 cm³/mol. The molecule has 0 amide bonds. The highest BCUT2D eigenvalue weighted by Crippen LogP contribution is 2.27. The Morgan fingerprint density at radius 3 is 3.00 bits per heavy atom. The van der Waals surface area contributed by atoms with Crippen LogP contribution in [0.2, 0.25) is 0 Å². The number of morpholine rings is 1. The van der Waals surface area contributed by atoms with Gasteiger partial charge in [0, 0.05) is 19.1 Å². The molecule has 3 atom stereocenters. The smallest absolute Gasteiger partial charge is 0.0674 e. The monoisotopic (exact) mass is 240 g/mol. The molecule has 0 radical (unpaired) electrons. The summed E-state index contributed by atoms with van der Waals surface area (Å²) in [6, 6.07) is 2.66. The van der Waals surface area contributed by atoms with Crippen molar-refractivity contribution in [3.8, 4) is 0 Å². The van der Waals surface area contributed by atoms with Crippen LogP contribution in [0.4, 0.5) is 0 Å². The molecule has 0 aromatic carbocycles. The highest BCUT2D eigenvalue weighted by Gasteiger charge is 2.28. The number of ether oxygens (including phenoxy) is 1. The molecule has 1 saturated heterocycles. The van der Waals surface area contributed by atoms with Crippen LogP contribution in [0, 0.1) is 0 Å². The molecule has 1 aromatic rings. The van der Waals surface area contributed by atoms with E-state index in [4.69, 9.17) is 10.5 Å². The first-order valence-electron chi connectivity index (χ1n) is 5.82. The molecule has 0 spiro atoms. The van der Waals surface area contributed by atoms with Crippen molar-refractivity contribution in [2.24, 2.45) is 5.73 Å². The van der Waals surface area contributed by atoms with Crippen LogP contribution < -0.4 is 5.73 Å². The second-order valence-corrected chi connectivity index (χ2v) is 5.32. The molecule has 16 heavy (non-hydrogen) atoms. The topological polar surface area (TPSA) is 38.5 Å². The number of rotatable bonds is 3. The van der Waals surface area contributed by atoms with E-state index in [-0.39, 0.29) is 6.04 Å². The lowest BCUT2D eigenvalue weighted by Gasteiger charge is -2.38. The molecule has 2 N–H and O–H groups in total. The van der Waals surface area contributed by atoms with E-state index in [1.807, 2.05) is 0 Å². The van der Waals surface area contributed by atoms with Crippen molar-refractivity contribution in [1.82, 2.24) is 4.90 Å². The van der Waals surface area contributed by atoms with Crippen LogP contribution in [0.3, 0.4) is 0 Å².